The van der Waals surface area contributed by atoms with E-state index >= 15 is 0 Å². The minimum atomic E-state index is -1.01. The summed E-state index contributed by atoms with van der Waals surface area (Å²) >= 11 is 0. The van der Waals surface area contributed by atoms with Gasteiger partial charge in [0.15, 0.2) is 0 Å². The van der Waals surface area contributed by atoms with Crippen molar-refractivity contribution in [3.05, 3.63) is 59.2 Å². The Morgan fingerprint density at radius 3 is 2.06 bits per heavy atom. The monoisotopic (exact) mass is 464 g/mol. The van der Waals surface area contributed by atoms with E-state index in [0.717, 1.165) is 48.0 Å². The molecule has 0 heterocycles. The first-order chi connectivity index (χ1) is 16.5. The predicted octanol–water partition coefficient (Wildman–Crippen LogP) is 4.11. The first-order valence-electron chi connectivity index (χ1n) is 13.0. The van der Waals surface area contributed by atoms with Crippen LogP contribution in [0, 0.1) is 23.7 Å². The van der Waals surface area contributed by atoms with Crippen molar-refractivity contribution in [2.24, 2.45) is 29.4 Å². The molecule has 0 saturated heterocycles. The standard InChI is InChI=1S/C29H40N2O3/c1-34-27-9-6-20(15-26(27)28-23-11-21-10-22(13-23)14-24(28)12-21)3-2-19-4-7-25(8-5-19)31-16-29(30,17-32)18-33/h4-9,15,21-24,28,31-33H,2-3,10-14,16-18,30H2,1H3. The Hall–Kier alpha value is -2.08. The van der Waals surface area contributed by atoms with Crippen molar-refractivity contribution in [2.45, 2.75) is 56.4 Å². The third kappa shape index (κ3) is 4.84. The van der Waals surface area contributed by atoms with Gasteiger partial charge in [-0.05, 0) is 109 Å². The molecule has 0 aliphatic heterocycles. The molecule has 0 unspecified atom stereocenters. The van der Waals surface area contributed by atoms with Gasteiger partial charge >= 0.3 is 0 Å². The number of nitrogens with two attached hydrogens (primary N) is 1. The SMILES string of the molecule is COc1ccc(CCc2ccc(NCC(N)(CO)CO)cc2)cc1C1C2CC3CC(C2)CC1C3. The molecule has 5 N–H and O–H groups in total. The van der Waals surface area contributed by atoms with E-state index < -0.39 is 5.54 Å². The topological polar surface area (TPSA) is 87.7 Å². The molecule has 4 bridgehead atoms. The van der Waals surface area contributed by atoms with Crippen LogP contribution in [0.2, 0.25) is 0 Å². The van der Waals surface area contributed by atoms with Gasteiger partial charge < -0.3 is 26.0 Å². The van der Waals surface area contributed by atoms with Crippen LogP contribution < -0.4 is 15.8 Å². The molecule has 4 aliphatic rings. The van der Waals surface area contributed by atoms with Crippen molar-refractivity contribution in [2.75, 3.05) is 32.2 Å². The van der Waals surface area contributed by atoms with E-state index in [9.17, 15) is 10.2 Å². The van der Waals surface area contributed by atoms with Gasteiger partial charge in [-0.1, -0.05) is 24.3 Å². The maximum atomic E-state index is 9.35. The average Bonchev–Trinajstić information content (AvgIpc) is 2.86. The second-order valence-corrected chi connectivity index (χ2v) is 11.3. The Morgan fingerprint density at radius 1 is 0.882 bits per heavy atom. The van der Waals surface area contributed by atoms with Gasteiger partial charge in [-0.15, -0.1) is 0 Å². The predicted molar refractivity (Wildman–Crippen MR) is 136 cm³/mol. The molecule has 4 saturated carbocycles. The number of rotatable bonds is 10. The van der Waals surface area contributed by atoms with Crippen molar-refractivity contribution in [1.82, 2.24) is 0 Å². The highest BCUT2D eigenvalue weighted by molar-refractivity contribution is 5.46. The molecule has 2 aromatic carbocycles. The molecule has 0 aromatic heterocycles. The van der Waals surface area contributed by atoms with E-state index in [1.54, 1.807) is 0 Å². The first-order valence-corrected chi connectivity index (χ1v) is 13.0. The van der Waals surface area contributed by atoms with E-state index in [1.807, 2.05) is 19.2 Å². The fourth-order valence-electron chi connectivity index (χ4n) is 7.15. The minimum Gasteiger partial charge on any atom is -0.496 e. The fraction of sp³-hybridized carbons (Fsp3) is 0.586. The number of anilines is 1. The molecule has 4 fully saturated rings. The second kappa shape index (κ2) is 9.88. The Morgan fingerprint density at radius 2 is 1.47 bits per heavy atom. The van der Waals surface area contributed by atoms with Crippen molar-refractivity contribution < 1.29 is 14.9 Å². The third-order valence-corrected chi connectivity index (χ3v) is 8.81. The largest absolute Gasteiger partial charge is 0.496 e. The fourth-order valence-corrected chi connectivity index (χ4v) is 7.15. The number of nitrogens with one attached hydrogen (secondary N) is 1. The Balaban J connectivity index is 1.23. The Bertz CT molecular complexity index is 942. The van der Waals surface area contributed by atoms with E-state index in [2.05, 4.69) is 35.6 Å². The van der Waals surface area contributed by atoms with Crippen LogP contribution >= 0.6 is 0 Å². The van der Waals surface area contributed by atoms with Crippen LogP contribution in [0.15, 0.2) is 42.5 Å². The number of benzene rings is 2. The van der Waals surface area contributed by atoms with E-state index in [4.69, 9.17) is 10.5 Å². The highest BCUT2D eigenvalue weighted by atomic mass is 16.5. The van der Waals surface area contributed by atoms with Crippen LogP contribution in [0.5, 0.6) is 5.75 Å². The number of hydrogen-bond donors (Lipinski definition) is 4. The molecule has 0 spiro atoms. The molecule has 5 heteroatoms. The number of methoxy groups -OCH3 is 1. The van der Waals surface area contributed by atoms with Crippen LogP contribution in [0.4, 0.5) is 5.69 Å². The first kappa shape index (κ1) is 23.7. The second-order valence-electron chi connectivity index (χ2n) is 11.3. The molecular weight excluding hydrogens is 424 g/mol. The lowest BCUT2D eigenvalue weighted by atomic mass is 9.50. The molecule has 5 nitrogen and oxygen atoms in total. The lowest BCUT2D eigenvalue weighted by Gasteiger charge is -2.54. The van der Waals surface area contributed by atoms with Crippen molar-refractivity contribution in [1.29, 1.82) is 0 Å². The maximum absolute atomic E-state index is 9.35. The van der Waals surface area contributed by atoms with Crippen molar-refractivity contribution in [3.63, 3.8) is 0 Å². The molecule has 0 atom stereocenters. The summed E-state index contributed by atoms with van der Waals surface area (Å²) in [6.07, 6.45) is 9.18. The zero-order valence-corrected chi connectivity index (χ0v) is 20.4. The molecular formula is C29H40N2O3. The highest BCUT2D eigenvalue weighted by Gasteiger charge is 2.49. The van der Waals surface area contributed by atoms with E-state index in [0.29, 0.717) is 12.5 Å². The van der Waals surface area contributed by atoms with Crippen LogP contribution in [0.3, 0.4) is 0 Å². The summed E-state index contributed by atoms with van der Waals surface area (Å²) in [4.78, 5) is 0. The van der Waals surface area contributed by atoms with E-state index in [1.165, 1.54) is 48.8 Å². The quantitative estimate of drug-likeness (QED) is 0.425. The van der Waals surface area contributed by atoms with Crippen LogP contribution in [-0.2, 0) is 12.8 Å². The summed E-state index contributed by atoms with van der Waals surface area (Å²) < 4.78 is 5.85. The van der Waals surface area contributed by atoms with Crippen molar-refractivity contribution in [3.8, 4) is 5.75 Å². The Kier molecular flexibility index (Phi) is 6.88. The van der Waals surface area contributed by atoms with E-state index in [-0.39, 0.29) is 13.2 Å². The van der Waals surface area contributed by atoms with Gasteiger partial charge in [0.05, 0.1) is 25.9 Å². The highest BCUT2D eigenvalue weighted by Crippen LogP contribution is 2.60. The lowest BCUT2D eigenvalue weighted by Crippen LogP contribution is -2.52. The molecule has 34 heavy (non-hydrogen) atoms. The summed E-state index contributed by atoms with van der Waals surface area (Å²) in [5.74, 6) is 5.44. The van der Waals surface area contributed by atoms with Crippen LogP contribution in [-0.4, -0.2) is 42.6 Å². The smallest absolute Gasteiger partial charge is 0.122 e. The summed E-state index contributed by atoms with van der Waals surface area (Å²) in [6, 6.07) is 15.2. The number of ether oxygens (including phenoxy) is 1. The van der Waals surface area contributed by atoms with Crippen LogP contribution in [0.1, 0.15) is 54.7 Å². The minimum absolute atomic E-state index is 0.262. The summed E-state index contributed by atoms with van der Waals surface area (Å²) in [5.41, 5.74) is 10.0. The number of hydrogen-bond acceptors (Lipinski definition) is 5. The molecule has 184 valence electrons. The molecule has 4 aliphatic carbocycles. The van der Waals surface area contributed by atoms with Gasteiger partial charge in [0.2, 0.25) is 0 Å². The summed E-state index contributed by atoms with van der Waals surface area (Å²) in [7, 11) is 1.82. The molecule has 0 amide bonds. The number of aryl methyl sites for hydroxylation is 2. The maximum Gasteiger partial charge on any atom is 0.122 e. The average molecular weight is 465 g/mol. The zero-order chi connectivity index (χ0) is 23.7. The van der Waals surface area contributed by atoms with Gasteiger partial charge in [0.1, 0.15) is 5.75 Å². The normalized spacial score (nSPS) is 27.7. The number of aliphatic hydroxyl groups excluding tert-OH is 2. The van der Waals surface area contributed by atoms with Crippen LogP contribution in [0.25, 0.3) is 0 Å². The van der Waals surface area contributed by atoms with Crippen molar-refractivity contribution >= 4 is 5.69 Å². The zero-order valence-electron chi connectivity index (χ0n) is 20.4. The van der Waals surface area contributed by atoms with Gasteiger partial charge in [0.25, 0.3) is 0 Å². The molecule has 6 rings (SSSR count). The molecule has 0 radical (unpaired) electrons. The summed E-state index contributed by atoms with van der Waals surface area (Å²) in [6.45, 7) is -0.206. The van der Waals surface area contributed by atoms with Gasteiger partial charge in [-0.3, -0.25) is 0 Å². The van der Waals surface area contributed by atoms with Gasteiger partial charge in [-0.25, -0.2) is 0 Å². The lowest BCUT2D eigenvalue weighted by molar-refractivity contribution is -0.00349. The van der Waals surface area contributed by atoms with Gasteiger partial charge in [-0.2, -0.15) is 0 Å². The third-order valence-electron chi connectivity index (χ3n) is 8.81. The summed E-state index contributed by atoms with van der Waals surface area (Å²) in [5, 5.41) is 21.9. The van der Waals surface area contributed by atoms with Gasteiger partial charge in [0, 0.05) is 12.2 Å². The Labute approximate surface area is 203 Å². The molecule has 2 aromatic rings. The number of aliphatic hydroxyl groups is 2.